The molecule has 3 amide bonds. The van der Waals surface area contributed by atoms with E-state index < -0.39 is 28.8 Å². The van der Waals surface area contributed by atoms with E-state index in [1.165, 1.54) is 16.7 Å². The van der Waals surface area contributed by atoms with Crippen LogP contribution < -0.4 is 10.6 Å². The number of benzene rings is 2. The molecular weight excluding hydrogens is 498 g/mol. The second kappa shape index (κ2) is 12.2. The molecule has 2 aromatic rings. The van der Waals surface area contributed by atoms with Gasteiger partial charge >= 0.3 is 0 Å². The first-order chi connectivity index (χ1) is 18.2. The zero-order chi connectivity index (χ0) is 27.3. The fourth-order valence-electron chi connectivity index (χ4n) is 5.09. The molecule has 0 saturated carbocycles. The third-order valence-corrected chi connectivity index (χ3v) is 8.75. The van der Waals surface area contributed by atoms with Crippen LogP contribution in [0.25, 0.3) is 0 Å². The summed E-state index contributed by atoms with van der Waals surface area (Å²) in [6, 6.07) is 15.7. The molecule has 202 valence electrons. The van der Waals surface area contributed by atoms with E-state index in [-0.39, 0.29) is 17.7 Å². The molecule has 0 spiro atoms. The zero-order valence-corrected chi connectivity index (χ0v) is 23.1. The number of nitrogens with one attached hydrogen (secondary N) is 2. The number of hydrogen-bond donors (Lipinski definition) is 3. The van der Waals surface area contributed by atoms with Gasteiger partial charge in [0.25, 0.3) is 5.91 Å². The highest BCUT2D eigenvalue weighted by atomic mass is 32.2. The van der Waals surface area contributed by atoms with Gasteiger partial charge in [0.05, 0.1) is 11.9 Å². The number of hydrogen-bond acceptors (Lipinski definition) is 5. The Balaban J connectivity index is 1.51. The highest BCUT2D eigenvalue weighted by Gasteiger charge is 2.49. The van der Waals surface area contributed by atoms with E-state index in [1.54, 1.807) is 0 Å². The van der Waals surface area contributed by atoms with Gasteiger partial charge < -0.3 is 20.6 Å². The fraction of sp³-hybridized carbons (Fsp3) is 0.433. The number of carbonyl (C=O) groups excluding carboxylic acids is 3. The van der Waals surface area contributed by atoms with Crippen molar-refractivity contribution in [1.82, 2.24) is 15.5 Å². The van der Waals surface area contributed by atoms with Gasteiger partial charge in [0.2, 0.25) is 11.8 Å². The van der Waals surface area contributed by atoms with Crippen molar-refractivity contribution in [3.63, 3.8) is 0 Å². The molecule has 7 nitrogen and oxygen atoms in total. The second-order valence-corrected chi connectivity index (χ2v) is 12.2. The van der Waals surface area contributed by atoms with Crippen molar-refractivity contribution < 1.29 is 19.5 Å². The third-order valence-electron chi connectivity index (χ3n) is 7.37. The first-order valence-electron chi connectivity index (χ1n) is 13.2. The van der Waals surface area contributed by atoms with Crippen molar-refractivity contribution in [2.45, 2.75) is 75.9 Å². The first-order valence-corrected chi connectivity index (χ1v) is 14.1. The van der Waals surface area contributed by atoms with Gasteiger partial charge in [0, 0.05) is 16.9 Å². The number of carbonyl (C=O) groups is 3. The standard InChI is InChI=1S/C30H37N3O4S/c1-20-11-7-8-16-23(20)18-31-28(36)26-30(2,3)38-19-33(26)29(37)25(34)24(17-21-12-5-4-6-13-21)32-27(35)22-14-9-10-15-22/h4-8,11-14,16,24-26,34H,9-10,15,17-19H2,1-3H3,(H,31,36)(H,32,35)/t24-,25-,26?/m0/s1. The third kappa shape index (κ3) is 6.48. The summed E-state index contributed by atoms with van der Waals surface area (Å²) in [5.74, 6) is -0.786. The molecule has 38 heavy (non-hydrogen) atoms. The van der Waals surface area contributed by atoms with Crippen LogP contribution in [0.2, 0.25) is 0 Å². The molecule has 8 heteroatoms. The Morgan fingerprint density at radius 2 is 1.82 bits per heavy atom. The summed E-state index contributed by atoms with van der Waals surface area (Å²) in [5, 5.41) is 17.3. The minimum Gasteiger partial charge on any atom is -0.381 e. The summed E-state index contributed by atoms with van der Waals surface area (Å²) in [4.78, 5) is 41.5. The summed E-state index contributed by atoms with van der Waals surface area (Å²) in [5.41, 5.74) is 3.67. The number of amides is 3. The molecule has 1 aliphatic carbocycles. The predicted molar refractivity (Wildman–Crippen MR) is 150 cm³/mol. The summed E-state index contributed by atoms with van der Waals surface area (Å²) < 4.78 is -0.544. The van der Waals surface area contributed by atoms with Crippen LogP contribution in [0.1, 0.15) is 49.8 Å². The molecule has 3 atom stereocenters. The Morgan fingerprint density at radius 1 is 1.11 bits per heavy atom. The van der Waals surface area contributed by atoms with E-state index in [0.29, 0.717) is 25.0 Å². The van der Waals surface area contributed by atoms with E-state index in [2.05, 4.69) is 10.6 Å². The van der Waals surface area contributed by atoms with Gasteiger partial charge in [-0.2, -0.15) is 0 Å². The van der Waals surface area contributed by atoms with Crippen molar-refractivity contribution in [3.8, 4) is 0 Å². The Morgan fingerprint density at radius 3 is 2.50 bits per heavy atom. The summed E-state index contributed by atoms with van der Waals surface area (Å²) in [6.45, 7) is 6.22. The summed E-state index contributed by atoms with van der Waals surface area (Å²) >= 11 is 1.50. The molecule has 1 unspecified atom stereocenters. The maximum absolute atomic E-state index is 13.7. The maximum atomic E-state index is 13.7. The lowest BCUT2D eigenvalue weighted by Gasteiger charge is -2.33. The molecule has 0 aromatic heterocycles. The summed E-state index contributed by atoms with van der Waals surface area (Å²) in [6.07, 6.45) is 3.18. The van der Waals surface area contributed by atoms with Crippen molar-refractivity contribution >= 4 is 29.5 Å². The highest BCUT2D eigenvalue weighted by Crippen LogP contribution is 2.40. The largest absolute Gasteiger partial charge is 0.381 e. The molecule has 2 aliphatic rings. The van der Waals surface area contributed by atoms with Crippen molar-refractivity contribution in [2.75, 3.05) is 5.88 Å². The van der Waals surface area contributed by atoms with Gasteiger partial charge in [-0.25, -0.2) is 0 Å². The molecule has 0 radical (unpaired) electrons. The molecule has 0 bridgehead atoms. The van der Waals surface area contributed by atoms with E-state index in [1.807, 2.05) is 81.4 Å². The van der Waals surface area contributed by atoms with Gasteiger partial charge in [-0.3, -0.25) is 14.4 Å². The van der Waals surface area contributed by atoms with Crippen LogP contribution in [0.5, 0.6) is 0 Å². The SMILES string of the molecule is Cc1ccccc1CNC(=O)C1N(C(=O)[C@@H](O)[C@H](Cc2ccccc2)NC(=O)C2=CCCC2)CSC1(C)C. The van der Waals surface area contributed by atoms with Crippen molar-refractivity contribution in [1.29, 1.82) is 0 Å². The van der Waals surface area contributed by atoms with Crippen molar-refractivity contribution in [3.05, 3.63) is 82.9 Å². The van der Waals surface area contributed by atoms with Crippen LogP contribution >= 0.6 is 11.8 Å². The molecule has 4 rings (SSSR count). The number of thioether (sulfide) groups is 1. The van der Waals surface area contributed by atoms with Crippen LogP contribution in [0.4, 0.5) is 0 Å². The topological polar surface area (TPSA) is 98.7 Å². The molecule has 3 N–H and O–H groups in total. The van der Waals surface area contributed by atoms with Gasteiger partial charge in [0.15, 0.2) is 6.10 Å². The molecule has 1 fully saturated rings. The monoisotopic (exact) mass is 535 g/mol. The molecule has 1 saturated heterocycles. The predicted octanol–water partition coefficient (Wildman–Crippen LogP) is 3.49. The van der Waals surface area contributed by atoms with E-state index in [9.17, 15) is 19.5 Å². The summed E-state index contributed by atoms with van der Waals surface area (Å²) in [7, 11) is 0. The van der Waals surface area contributed by atoms with E-state index in [4.69, 9.17) is 0 Å². The lowest BCUT2D eigenvalue weighted by molar-refractivity contribution is -0.147. The molecule has 1 aliphatic heterocycles. The van der Waals surface area contributed by atoms with E-state index in [0.717, 1.165) is 29.5 Å². The number of aliphatic hydroxyl groups excluding tert-OH is 1. The Labute approximate surface area is 229 Å². The fourth-order valence-corrected chi connectivity index (χ4v) is 6.23. The average molecular weight is 536 g/mol. The average Bonchev–Trinajstić information content (AvgIpc) is 3.55. The minimum atomic E-state index is -1.50. The minimum absolute atomic E-state index is 0.251. The van der Waals surface area contributed by atoms with Gasteiger partial charge in [-0.05, 0) is 63.1 Å². The normalized spacial score (nSPS) is 19.9. The van der Waals surface area contributed by atoms with Gasteiger partial charge in [0.1, 0.15) is 6.04 Å². The van der Waals surface area contributed by atoms with Crippen molar-refractivity contribution in [2.24, 2.45) is 0 Å². The van der Waals surface area contributed by atoms with Gasteiger partial charge in [-0.15, -0.1) is 11.8 Å². The molecule has 1 heterocycles. The smallest absolute Gasteiger partial charge is 0.254 e. The molecular formula is C30H37N3O4S. The number of allylic oxidation sites excluding steroid dienone is 1. The molecule has 2 aromatic carbocycles. The number of aryl methyl sites for hydroxylation is 1. The van der Waals surface area contributed by atoms with Gasteiger partial charge in [-0.1, -0.05) is 60.7 Å². The number of rotatable bonds is 9. The first kappa shape index (κ1) is 27.9. The maximum Gasteiger partial charge on any atom is 0.254 e. The zero-order valence-electron chi connectivity index (χ0n) is 22.3. The lowest BCUT2D eigenvalue weighted by Crippen LogP contribution is -2.58. The Kier molecular flexibility index (Phi) is 8.95. The number of nitrogens with zero attached hydrogens (tertiary/aromatic N) is 1. The van der Waals surface area contributed by atoms with Crippen LogP contribution in [0.15, 0.2) is 66.2 Å². The lowest BCUT2D eigenvalue weighted by atomic mass is 9.96. The second-order valence-electron chi connectivity index (χ2n) is 10.6. The number of aliphatic hydroxyl groups is 1. The Bertz CT molecular complexity index is 1200. The van der Waals surface area contributed by atoms with Crippen LogP contribution in [-0.2, 0) is 27.3 Å². The van der Waals surface area contributed by atoms with Crippen LogP contribution in [-0.4, -0.2) is 56.5 Å². The highest BCUT2D eigenvalue weighted by molar-refractivity contribution is 8.00. The van der Waals surface area contributed by atoms with E-state index >= 15 is 0 Å². The quantitative estimate of drug-likeness (QED) is 0.457. The van der Waals surface area contributed by atoms with Crippen LogP contribution in [0, 0.1) is 6.92 Å². The Hall–Kier alpha value is -3.10. The van der Waals surface area contributed by atoms with Crippen LogP contribution in [0.3, 0.4) is 0 Å².